The van der Waals surface area contributed by atoms with Gasteiger partial charge in [0.1, 0.15) is 5.75 Å². The molecule has 1 aromatic carbocycles. The molecule has 0 bridgehead atoms. The molecule has 2 N–H and O–H groups in total. The predicted octanol–water partition coefficient (Wildman–Crippen LogP) is 2.72. The van der Waals surface area contributed by atoms with Gasteiger partial charge in [0.05, 0.1) is 12.7 Å². The van der Waals surface area contributed by atoms with Crippen LogP contribution in [0.5, 0.6) is 5.75 Å². The van der Waals surface area contributed by atoms with Crippen LogP contribution in [-0.4, -0.2) is 32.9 Å². The predicted molar refractivity (Wildman–Crippen MR) is 82.5 cm³/mol. The third-order valence-electron chi connectivity index (χ3n) is 4.21. The summed E-state index contributed by atoms with van der Waals surface area (Å²) in [6.07, 6.45) is 2.22. The number of rotatable bonds is 4. The van der Waals surface area contributed by atoms with Crippen molar-refractivity contribution in [3.05, 3.63) is 23.8 Å². The molecule has 1 aliphatic rings. The van der Waals surface area contributed by atoms with Crippen LogP contribution in [0.1, 0.15) is 38.3 Å². The molecule has 0 spiro atoms. The van der Waals surface area contributed by atoms with Crippen LogP contribution in [0.15, 0.2) is 18.2 Å². The average molecular weight is 278 g/mol. The lowest BCUT2D eigenvalue weighted by atomic mass is 9.93. The van der Waals surface area contributed by atoms with Gasteiger partial charge in [0.2, 0.25) is 0 Å². The number of nitrogens with two attached hydrogens (primary N) is 1. The van der Waals surface area contributed by atoms with E-state index in [2.05, 4.69) is 17.9 Å². The smallest absolute Gasteiger partial charge is 0.125 e. The molecule has 1 heterocycles. The van der Waals surface area contributed by atoms with Gasteiger partial charge in [-0.15, -0.1) is 0 Å². The lowest BCUT2D eigenvalue weighted by Crippen LogP contribution is -2.47. The number of hydrogen-bond donors (Lipinski definition) is 1. The maximum Gasteiger partial charge on any atom is 0.125 e. The second-order valence-electron chi connectivity index (χ2n) is 5.86. The van der Waals surface area contributed by atoms with Crippen molar-refractivity contribution < 1.29 is 9.47 Å². The Morgan fingerprint density at radius 3 is 2.70 bits per heavy atom. The molecule has 0 aromatic heterocycles. The van der Waals surface area contributed by atoms with Gasteiger partial charge in [0.25, 0.3) is 0 Å². The first-order valence-corrected chi connectivity index (χ1v) is 7.23. The maximum absolute atomic E-state index is 6.16. The summed E-state index contributed by atoms with van der Waals surface area (Å²) in [6.45, 7) is 6.09. The van der Waals surface area contributed by atoms with Crippen LogP contribution in [0.4, 0.5) is 5.69 Å². The number of hydrogen-bond acceptors (Lipinski definition) is 4. The molecule has 1 aromatic rings. The summed E-state index contributed by atoms with van der Waals surface area (Å²) in [6, 6.07) is 6.07. The highest BCUT2D eigenvalue weighted by atomic mass is 16.5. The molecule has 4 heteroatoms. The van der Waals surface area contributed by atoms with Gasteiger partial charge in [-0.2, -0.15) is 0 Å². The van der Waals surface area contributed by atoms with E-state index in [-0.39, 0.29) is 11.6 Å². The summed E-state index contributed by atoms with van der Waals surface area (Å²) in [5.74, 6) is 0.863. The fraction of sp³-hybridized carbons (Fsp3) is 0.625. The molecule has 1 fully saturated rings. The van der Waals surface area contributed by atoms with E-state index in [1.165, 1.54) is 5.69 Å². The topological polar surface area (TPSA) is 47.7 Å². The first-order valence-electron chi connectivity index (χ1n) is 7.23. The molecule has 0 aliphatic carbocycles. The van der Waals surface area contributed by atoms with Crippen molar-refractivity contribution in [2.45, 2.75) is 38.3 Å². The summed E-state index contributed by atoms with van der Waals surface area (Å²) in [7, 11) is 3.49. The fourth-order valence-corrected chi connectivity index (χ4v) is 3.02. The molecule has 1 saturated heterocycles. The van der Waals surface area contributed by atoms with Crippen LogP contribution in [-0.2, 0) is 4.74 Å². The lowest BCUT2D eigenvalue weighted by molar-refractivity contribution is -0.00470. The average Bonchev–Trinajstić information content (AvgIpc) is 2.46. The van der Waals surface area contributed by atoms with Gasteiger partial charge in [-0.1, -0.05) is 6.07 Å². The van der Waals surface area contributed by atoms with Crippen molar-refractivity contribution in [1.29, 1.82) is 0 Å². The van der Waals surface area contributed by atoms with Crippen LogP contribution in [0, 0.1) is 0 Å². The molecule has 0 saturated carbocycles. The van der Waals surface area contributed by atoms with E-state index in [0.29, 0.717) is 0 Å². The van der Waals surface area contributed by atoms with Crippen molar-refractivity contribution in [1.82, 2.24) is 0 Å². The van der Waals surface area contributed by atoms with E-state index in [1.54, 1.807) is 14.2 Å². The van der Waals surface area contributed by atoms with Crippen LogP contribution in [0.2, 0.25) is 0 Å². The zero-order valence-electron chi connectivity index (χ0n) is 13.0. The molecule has 2 unspecified atom stereocenters. The Kier molecular flexibility index (Phi) is 4.55. The summed E-state index contributed by atoms with van der Waals surface area (Å²) in [5.41, 5.74) is 8.32. The highest BCUT2D eigenvalue weighted by Crippen LogP contribution is 2.36. The van der Waals surface area contributed by atoms with E-state index >= 15 is 0 Å². The van der Waals surface area contributed by atoms with Crippen molar-refractivity contribution in [3.63, 3.8) is 0 Å². The normalized spacial score (nSPS) is 24.6. The molecule has 2 rings (SSSR count). The van der Waals surface area contributed by atoms with Gasteiger partial charge in [-0.3, -0.25) is 0 Å². The minimum absolute atomic E-state index is 0.0584. The van der Waals surface area contributed by atoms with Crippen molar-refractivity contribution in [3.8, 4) is 5.75 Å². The van der Waals surface area contributed by atoms with Gasteiger partial charge in [0.15, 0.2) is 0 Å². The summed E-state index contributed by atoms with van der Waals surface area (Å²) < 4.78 is 11.2. The number of anilines is 1. The molecule has 20 heavy (non-hydrogen) atoms. The molecule has 0 amide bonds. The van der Waals surface area contributed by atoms with Gasteiger partial charge in [0, 0.05) is 37.5 Å². The number of benzene rings is 1. The minimum Gasteiger partial charge on any atom is -0.496 e. The molecule has 2 atom stereocenters. The first-order chi connectivity index (χ1) is 9.50. The van der Waals surface area contributed by atoms with E-state index in [9.17, 15) is 0 Å². The number of piperidine rings is 1. The van der Waals surface area contributed by atoms with Gasteiger partial charge >= 0.3 is 0 Å². The number of nitrogens with zero attached hydrogens (tertiary/aromatic N) is 1. The van der Waals surface area contributed by atoms with Crippen molar-refractivity contribution in [2.24, 2.45) is 5.73 Å². The van der Waals surface area contributed by atoms with E-state index in [1.807, 2.05) is 19.1 Å². The minimum atomic E-state index is -0.0869. The standard InChI is InChI=1S/C16H26N2O2/c1-12(17)15-13(7-5-8-14(15)19-3)18-10-6-9-16(2,11-18)20-4/h5,7-8,12H,6,9-11,17H2,1-4H3. The number of ether oxygens (including phenoxy) is 2. The van der Waals surface area contributed by atoms with Crippen LogP contribution in [0.3, 0.4) is 0 Å². The number of methoxy groups -OCH3 is 2. The SMILES string of the molecule is COc1cccc(N2CCCC(C)(OC)C2)c1C(C)N. The monoisotopic (exact) mass is 278 g/mol. The maximum atomic E-state index is 6.16. The van der Waals surface area contributed by atoms with Crippen molar-refractivity contribution >= 4 is 5.69 Å². The highest BCUT2D eigenvalue weighted by Gasteiger charge is 2.32. The largest absolute Gasteiger partial charge is 0.496 e. The highest BCUT2D eigenvalue weighted by molar-refractivity contribution is 5.61. The zero-order chi connectivity index (χ0) is 14.8. The second kappa shape index (κ2) is 6.02. The van der Waals surface area contributed by atoms with E-state index in [4.69, 9.17) is 15.2 Å². The molecular weight excluding hydrogens is 252 g/mol. The Labute approximate surface area is 121 Å². The molecule has 4 nitrogen and oxygen atoms in total. The van der Waals surface area contributed by atoms with Crippen LogP contribution in [0.25, 0.3) is 0 Å². The Morgan fingerprint density at radius 2 is 2.10 bits per heavy atom. The van der Waals surface area contributed by atoms with E-state index < -0.39 is 0 Å². The third-order valence-corrected chi connectivity index (χ3v) is 4.21. The lowest BCUT2D eigenvalue weighted by Gasteiger charge is -2.41. The van der Waals surface area contributed by atoms with Crippen molar-refractivity contribution in [2.75, 3.05) is 32.2 Å². The summed E-state index contributed by atoms with van der Waals surface area (Å²) >= 11 is 0. The Bertz CT molecular complexity index is 462. The molecule has 0 radical (unpaired) electrons. The third kappa shape index (κ3) is 2.91. The zero-order valence-corrected chi connectivity index (χ0v) is 13.0. The van der Waals surface area contributed by atoms with Gasteiger partial charge in [-0.05, 0) is 38.8 Å². The summed E-state index contributed by atoms with van der Waals surface area (Å²) in [4.78, 5) is 2.37. The first kappa shape index (κ1) is 15.1. The fourth-order valence-electron chi connectivity index (χ4n) is 3.02. The van der Waals surface area contributed by atoms with Gasteiger partial charge < -0.3 is 20.1 Å². The Hall–Kier alpha value is -1.26. The molecule has 1 aliphatic heterocycles. The second-order valence-corrected chi connectivity index (χ2v) is 5.86. The Morgan fingerprint density at radius 1 is 1.35 bits per heavy atom. The van der Waals surface area contributed by atoms with E-state index in [0.717, 1.165) is 37.2 Å². The quantitative estimate of drug-likeness (QED) is 0.920. The molecule has 112 valence electrons. The van der Waals surface area contributed by atoms with Gasteiger partial charge in [-0.25, -0.2) is 0 Å². The summed E-state index contributed by atoms with van der Waals surface area (Å²) in [5, 5.41) is 0. The Balaban J connectivity index is 2.37. The van der Waals surface area contributed by atoms with Crippen LogP contribution >= 0.6 is 0 Å². The molecular formula is C16H26N2O2. The van der Waals surface area contributed by atoms with Crippen LogP contribution < -0.4 is 15.4 Å².